The number of benzene rings is 1. The van der Waals surface area contributed by atoms with Gasteiger partial charge in [-0.3, -0.25) is 9.78 Å². The van der Waals surface area contributed by atoms with Crippen LogP contribution >= 0.6 is 11.3 Å². The molecule has 1 aromatic carbocycles. The molecule has 5 heteroatoms. The van der Waals surface area contributed by atoms with Gasteiger partial charge in [-0.15, -0.1) is 11.3 Å². The zero-order chi connectivity index (χ0) is 16.4. The Hall–Kier alpha value is -2.79. The van der Waals surface area contributed by atoms with Gasteiger partial charge in [-0.25, -0.2) is 4.79 Å². The van der Waals surface area contributed by atoms with Crippen LogP contribution in [0.15, 0.2) is 54.7 Å². The van der Waals surface area contributed by atoms with E-state index < -0.39 is 5.97 Å². The molecular weight excluding hydrogens is 310 g/mol. The molecule has 0 spiro atoms. The van der Waals surface area contributed by atoms with Crippen LogP contribution in [0.4, 0.5) is 0 Å². The van der Waals surface area contributed by atoms with Crippen molar-refractivity contribution < 1.29 is 14.7 Å². The van der Waals surface area contributed by atoms with Crippen molar-refractivity contribution in [3.63, 3.8) is 0 Å². The van der Waals surface area contributed by atoms with Crippen molar-refractivity contribution in [1.82, 2.24) is 4.98 Å². The van der Waals surface area contributed by atoms with Gasteiger partial charge in [-0.2, -0.15) is 0 Å². The molecule has 1 N–H and O–H groups in total. The zero-order valence-electron chi connectivity index (χ0n) is 12.3. The number of hydrogen-bond donors (Lipinski definition) is 1. The third-order valence-corrected chi connectivity index (χ3v) is 4.51. The van der Waals surface area contributed by atoms with Crippen LogP contribution in [0, 0.1) is 6.92 Å². The lowest BCUT2D eigenvalue weighted by Gasteiger charge is -2.03. The van der Waals surface area contributed by atoms with E-state index in [1.54, 1.807) is 24.4 Å². The van der Waals surface area contributed by atoms with E-state index in [0.29, 0.717) is 4.88 Å². The summed E-state index contributed by atoms with van der Waals surface area (Å²) in [7, 11) is 0. The third kappa shape index (κ3) is 3.05. The summed E-state index contributed by atoms with van der Waals surface area (Å²) in [6.07, 6.45) is 1.73. The lowest BCUT2D eigenvalue weighted by molar-refractivity contribution is 0.0693. The van der Waals surface area contributed by atoms with E-state index in [1.165, 1.54) is 23.5 Å². The number of carboxylic acid groups (broad SMARTS) is 1. The standard InChI is InChI=1S/C18H13NO3S/c1-11-8-9-19-14(10-11)15-6-7-16(23-15)17(20)12-4-2-3-5-13(12)18(21)22/h2-10H,1H3,(H,21,22). The normalized spacial score (nSPS) is 10.5. The molecule has 2 aromatic heterocycles. The molecule has 0 atom stereocenters. The maximum absolute atomic E-state index is 12.6. The molecule has 0 aliphatic heterocycles. The fraction of sp³-hybridized carbons (Fsp3) is 0.0556. The number of aromatic carboxylic acids is 1. The van der Waals surface area contributed by atoms with E-state index in [9.17, 15) is 14.7 Å². The van der Waals surface area contributed by atoms with E-state index in [4.69, 9.17) is 0 Å². The van der Waals surface area contributed by atoms with Crippen molar-refractivity contribution in [1.29, 1.82) is 0 Å². The molecule has 0 aliphatic carbocycles. The van der Waals surface area contributed by atoms with Crippen molar-refractivity contribution in [2.75, 3.05) is 0 Å². The van der Waals surface area contributed by atoms with Gasteiger partial charge < -0.3 is 5.11 Å². The lowest BCUT2D eigenvalue weighted by Crippen LogP contribution is -2.08. The molecule has 0 saturated heterocycles. The van der Waals surface area contributed by atoms with Gasteiger partial charge in [0, 0.05) is 11.8 Å². The molecule has 3 aromatic rings. The quantitative estimate of drug-likeness (QED) is 0.736. The highest BCUT2D eigenvalue weighted by Crippen LogP contribution is 2.29. The highest BCUT2D eigenvalue weighted by atomic mass is 32.1. The number of pyridine rings is 1. The smallest absolute Gasteiger partial charge is 0.336 e. The van der Waals surface area contributed by atoms with Crippen LogP contribution in [-0.2, 0) is 0 Å². The lowest BCUT2D eigenvalue weighted by atomic mass is 10.0. The van der Waals surface area contributed by atoms with Gasteiger partial charge in [0.05, 0.1) is 21.0 Å². The van der Waals surface area contributed by atoms with Crippen molar-refractivity contribution >= 4 is 23.1 Å². The first-order valence-corrected chi connectivity index (χ1v) is 7.78. The minimum Gasteiger partial charge on any atom is -0.478 e. The van der Waals surface area contributed by atoms with Crippen molar-refractivity contribution in [3.05, 3.63) is 76.3 Å². The second-order valence-electron chi connectivity index (χ2n) is 5.06. The van der Waals surface area contributed by atoms with Crippen molar-refractivity contribution in [2.24, 2.45) is 0 Å². The Morgan fingerprint density at radius 1 is 1.04 bits per heavy atom. The van der Waals surface area contributed by atoms with Crippen molar-refractivity contribution in [2.45, 2.75) is 6.92 Å². The molecule has 0 amide bonds. The summed E-state index contributed by atoms with van der Waals surface area (Å²) >= 11 is 1.31. The molecule has 0 unspecified atom stereocenters. The first-order chi connectivity index (χ1) is 11.1. The molecule has 114 valence electrons. The highest BCUT2D eigenvalue weighted by molar-refractivity contribution is 7.17. The SMILES string of the molecule is Cc1ccnc(-c2ccc(C(=O)c3ccccc3C(=O)O)s2)c1. The van der Waals surface area contributed by atoms with Crippen LogP contribution in [0.5, 0.6) is 0 Å². The van der Waals surface area contributed by atoms with Gasteiger partial charge >= 0.3 is 5.97 Å². The number of carbonyl (C=O) groups is 2. The van der Waals surface area contributed by atoms with Crippen LogP contribution in [0.2, 0.25) is 0 Å². The summed E-state index contributed by atoms with van der Waals surface area (Å²) in [5, 5.41) is 9.22. The number of ketones is 1. The molecular formula is C18H13NO3S. The van der Waals surface area contributed by atoms with E-state index in [2.05, 4.69) is 4.98 Å². The van der Waals surface area contributed by atoms with Crippen LogP contribution in [0.25, 0.3) is 10.6 Å². The number of aromatic nitrogens is 1. The van der Waals surface area contributed by atoms with Gasteiger partial charge in [0.2, 0.25) is 5.78 Å². The molecule has 0 radical (unpaired) electrons. The molecule has 0 saturated carbocycles. The Bertz CT molecular complexity index is 899. The predicted octanol–water partition coefficient (Wildman–Crippen LogP) is 4.05. The molecule has 0 aliphatic rings. The first kappa shape index (κ1) is 15.1. The maximum atomic E-state index is 12.6. The third-order valence-electron chi connectivity index (χ3n) is 3.40. The fourth-order valence-electron chi connectivity index (χ4n) is 2.27. The first-order valence-electron chi connectivity index (χ1n) is 6.96. The summed E-state index contributed by atoms with van der Waals surface area (Å²) in [4.78, 5) is 29.6. The van der Waals surface area contributed by atoms with Gasteiger partial charge in [0.1, 0.15) is 0 Å². The number of carbonyl (C=O) groups excluding carboxylic acids is 1. The minimum atomic E-state index is -1.11. The van der Waals surface area contributed by atoms with Crippen LogP contribution < -0.4 is 0 Å². The van der Waals surface area contributed by atoms with E-state index in [0.717, 1.165) is 16.1 Å². The predicted molar refractivity (Wildman–Crippen MR) is 89.1 cm³/mol. The second-order valence-corrected chi connectivity index (χ2v) is 6.15. The summed E-state index contributed by atoms with van der Waals surface area (Å²) < 4.78 is 0. The Morgan fingerprint density at radius 3 is 2.48 bits per heavy atom. The van der Waals surface area contributed by atoms with Gasteiger partial charge in [-0.1, -0.05) is 18.2 Å². The average molecular weight is 323 g/mol. The second kappa shape index (κ2) is 6.14. The van der Waals surface area contributed by atoms with Crippen LogP contribution in [-0.4, -0.2) is 21.8 Å². The average Bonchev–Trinajstić information content (AvgIpc) is 3.04. The summed E-state index contributed by atoms with van der Waals surface area (Å²) in [5.74, 6) is -1.39. The topological polar surface area (TPSA) is 67.3 Å². The number of aryl methyl sites for hydroxylation is 1. The molecule has 3 rings (SSSR count). The Balaban J connectivity index is 1.98. The number of nitrogens with zero attached hydrogens (tertiary/aromatic N) is 1. The van der Waals surface area contributed by atoms with E-state index in [1.807, 2.05) is 25.1 Å². The number of hydrogen-bond acceptors (Lipinski definition) is 4. The molecule has 0 fully saturated rings. The van der Waals surface area contributed by atoms with E-state index in [-0.39, 0.29) is 16.9 Å². The van der Waals surface area contributed by atoms with Crippen LogP contribution in [0.1, 0.15) is 31.2 Å². The largest absolute Gasteiger partial charge is 0.478 e. The highest BCUT2D eigenvalue weighted by Gasteiger charge is 2.19. The fourth-order valence-corrected chi connectivity index (χ4v) is 3.20. The van der Waals surface area contributed by atoms with Crippen LogP contribution in [0.3, 0.4) is 0 Å². The van der Waals surface area contributed by atoms with E-state index >= 15 is 0 Å². The molecule has 2 heterocycles. The number of rotatable bonds is 4. The monoisotopic (exact) mass is 323 g/mol. The Labute approximate surface area is 137 Å². The van der Waals surface area contributed by atoms with Gasteiger partial charge in [-0.05, 0) is 42.8 Å². The summed E-state index contributed by atoms with van der Waals surface area (Å²) in [6.45, 7) is 1.98. The number of carboxylic acids is 1. The molecule has 0 bridgehead atoms. The van der Waals surface area contributed by atoms with Crippen molar-refractivity contribution in [3.8, 4) is 10.6 Å². The van der Waals surface area contributed by atoms with Gasteiger partial charge in [0.25, 0.3) is 0 Å². The zero-order valence-corrected chi connectivity index (χ0v) is 13.1. The molecule has 23 heavy (non-hydrogen) atoms. The summed E-state index contributed by atoms with van der Waals surface area (Å²) in [5.41, 5.74) is 2.11. The number of thiophene rings is 1. The maximum Gasteiger partial charge on any atom is 0.336 e. The van der Waals surface area contributed by atoms with Gasteiger partial charge in [0.15, 0.2) is 0 Å². The molecule has 4 nitrogen and oxygen atoms in total. The Morgan fingerprint density at radius 2 is 1.78 bits per heavy atom. The Kier molecular flexibility index (Phi) is 4.04. The summed E-state index contributed by atoms with van der Waals surface area (Å²) in [6, 6.07) is 13.7. The minimum absolute atomic E-state index is 0.0149.